The summed E-state index contributed by atoms with van der Waals surface area (Å²) in [4.78, 5) is 31.0. The van der Waals surface area contributed by atoms with Crippen LogP contribution in [0.5, 0.6) is 0 Å². The minimum atomic E-state index is -0.550. The van der Waals surface area contributed by atoms with Gasteiger partial charge in [0, 0.05) is 5.39 Å². The summed E-state index contributed by atoms with van der Waals surface area (Å²) in [6.07, 6.45) is 0. The van der Waals surface area contributed by atoms with Crippen LogP contribution in [0.2, 0.25) is 4.34 Å². The number of anilines is 1. The largest absolute Gasteiger partial charge is 0.465 e. The quantitative estimate of drug-likeness (QED) is 0.377. The molecule has 3 aromatic heterocycles. The molecule has 0 saturated heterocycles. The molecule has 0 aliphatic carbocycles. The molecule has 1 N–H and O–H groups in total. The number of benzene rings is 1. The van der Waals surface area contributed by atoms with Crippen molar-refractivity contribution in [1.29, 1.82) is 5.26 Å². The number of aromatic nitrogens is 1. The Bertz CT molecular complexity index is 1380. The minimum absolute atomic E-state index is 0.238. The van der Waals surface area contributed by atoms with Crippen LogP contribution in [-0.2, 0) is 4.74 Å². The number of nitriles is 1. The van der Waals surface area contributed by atoms with E-state index in [4.69, 9.17) is 16.3 Å². The summed E-state index contributed by atoms with van der Waals surface area (Å²) < 4.78 is 5.40. The number of para-hydroxylation sites is 1. The number of hydrogen-bond donors (Lipinski definition) is 1. The van der Waals surface area contributed by atoms with E-state index in [1.807, 2.05) is 30.3 Å². The Labute approximate surface area is 190 Å². The second-order valence-corrected chi connectivity index (χ2v) is 9.23. The van der Waals surface area contributed by atoms with Gasteiger partial charge in [-0.1, -0.05) is 29.8 Å². The van der Waals surface area contributed by atoms with Gasteiger partial charge < -0.3 is 10.1 Å². The Hall–Kier alpha value is -3.25. The first-order valence-electron chi connectivity index (χ1n) is 9.01. The number of fused-ring (bicyclic) bond motifs is 1. The molecule has 0 fully saturated rings. The van der Waals surface area contributed by atoms with Gasteiger partial charge in [-0.2, -0.15) is 5.26 Å². The number of hydrogen-bond acceptors (Lipinski definition) is 7. The zero-order valence-corrected chi connectivity index (χ0v) is 18.7. The van der Waals surface area contributed by atoms with Crippen LogP contribution in [0.25, 0.3) is 21.5 Å². The second-order valence-electron chi connectivity index (χ2n) is 6.49. The van der Waals surface area contributed by atoms with Crippen LogP contribution in [-0.4, -0.2) is 24.0 Å². The van der Waals surface area contributed by atoms with E-state index < -0.39 is 11.9 Å². The topological polar surface area (TPSA) is 92.1 Å². The standard InChI is InChI=1S/C22H14ClN3O3S2/c1-11-14(10-24)21(31-19(11)22(28)29-2)26-20(27)13-9-16(17-7-8-18(23)30-17)25-15-6-4-3-5-12(13)15/h3-9H,1-2H3,(H,26,27). The van der Waals surface area contributed by atoms with Crippen molar-refractivity contribution in [2.75, 3.05) is 12.4 Å². The maximum Gasteiger partial charge on any atom is 0.348 e. The van der Waals surface area contributed by atoms with Crippen LogP contribution in [0, 0.1) is 18.3 Å². The summed E-state index contributed by atoms with van der Waals surface area (Å²) in [7, 11) is 1.27. The number of pyridine rings is 1. The fourth-order valence-electron chi connectivity index (χ4n) is 3.14. The van der Waals surface area contributed by atoms with E-state index in [0.29, 0.717) is 37.1 Å². The van der Waals surface area contributed by atoms with Crippen molar-refractivity contribution >= 4 is 62.1 Å². The molecule has 1 aromatic carbocycles. The smallest absolute Gasteiger partial charge is 0.348 e. The summed E-state index contributed by atoms with van der Waals surface area (Å²) in [6, 6.07) is 14.7. The molecule has 0 aliphatic rings. The van der Waals surface area contributed by atoms with Crippen molar-refractivity contribution in [2.45, 2.75) is 6.92 Å². The van der Waals surface area contributed by atoms with Crippen LogP contribution in [0.15, 0.2) is 42.5 Å². The van der Waals surface area contributed by atoms with Gasteiger partial charge in [0.25, 0.3) is 5.91 Å². The van der Waals surface area contributed by atoms with E-state index in [-0.39, 0.29) is 10.4 Å². The fraction of sp³-hybridized carbons (Fsp3) is 0.0909. The number of halogens is 1. The van der Waals surface area contributed by atoms with Gasteiger partial charge in [-0.05, 0) is 36.8 Å². The highest BCUT2D eigenvalue weighted by Gasteiger charge is 2.23. The molecule has 154 valence electrons. The average molecular weight is 468 g/mol. The first-order chi connectivity index (χ1) is 14.9. The number of carbonyl (C=O) groups excluding carboxylic acids is 2. The maximum absolute atomic E-state index is 13.3. The number of esters is 1. The molecule has 0 radical (unpaired) electrons. The maximum atomic E-state index is 13.3. The third-order valence-corrected chi connectivity index (χ3v) is 7.08. The molecule has 31 heavy (non-hydrogen) atoms. The second kappa shape index (κ2) is 8.47. The first-order valence-corrected chi connectivity index (χ1v) is 11.0. The van der Waals surface area contributed by atoms with Gasteiger partial charge in [0.05, 0.1) is 38.7 Å². The third-order valence-electron chi connectivity index (χ3n) is 4.64. The average Bonchev–Trinajstić information content (AvgIpc) is 3.35. The summed E-state index contributed by atoms with van der Waals surface area (Å²) >= 11 is 8.46. The van der Waals surface area contributed by atoms with Crippen molar-refractivity contribution in [3.63, 3.8) is 0 Å². The highest BCUT2D eigenvalue weighted by atomic mass is 35.5. The number of methoxy groups -OCH3 is 1. The molecule has 0 bridgehead atoms. The fourth-order valence-corrected chi connectivity index (χ4v) is 5.21. The van der Waals surface area contributed by atoms with Gasteiger partial charge in [-0.3, -0.25) is 4.79 Å². The first kappa shape index (κ1) is 21.0. The predicted molar refractivity (Wildman–Crippen MR) is 123 cm³/mol. The van der Waals surface area contributed by atoms with Gasteiger partial charge in [-0.25, -0.2) is 9.78 Å². The molecule has 0 saturated carbocycles. The number of amides is 1. The Morgan fingerprint density at radius 3 is 2.65 bits per heavy atom. The van der Waals surface area contributed by atoms with E-state index in [2.05, 4.69) is 16.4 Å². The number of rotatable bonds is 4. The minimum Gasteiger partial charge on any atom is -0.465 e. The van der Waals surface area contributed by atoms with Crippen LogP contribution >= 0.6 is 34.3 Å². The molecule has 9 heteroatoms. The molecule has 6 nitrogen and oxygen atoms in total. The molecule has 1 amide bonds. The van der Waals surface area contributed by atoms with E-state index in [1.54, 1.807) is 19.1 Å². The summed E-state index contributed by atoms with van der Waals surface area (Å²) in [6.45, 7) is 1.65. The van der Waals surface area contributed by atoms with Gasteiger partial charge in [0.1, 0.15) is 15.9 Å². The normalized spacial score (nSPS) is 10.6. The molecular formula is C22H14ClN3O3S2. The van der Waals surface area contributed by atoms with E-state index in [1.165, 1.54) is 18.4 Å². The lowest BCUT2D eigenvalue weighted by molar-refractivity contribution is 0.0605. The Balaban J connectivity index is 1.80. The zero-order valence-electron chi connectivity index (χ0n) is 16.4. The van der Waals surface area contributed by atoms with Crippen molar-refractivity contribution in [3.05, 3.63) is 68.4 Å². The van der Waals surface area contributed by atoms with E-state index in [9.17, 15) is 14.9 Å². The van der Waals surface area contributed by atoms with Crippen molar-refractivity contribution in [2.24, 2.45) is 0 Å². The number of ether oxygens (including phenoxy) is 1. The van der Waals surface area contributed by atoms with Crippen molar-refractivity contribution in [3.8, 4) is 16.6 Å². The third kappa shape index (κ3) is 3.91. The van der Waals surface area contributed by atoms with Gasteiger partial charge in [0.15, 0.2) is 0 Å². The van der Waals surface area contributed by atoms with E-state index >= 15 is 0 Å². The van der Waals surface area contributed by atoms with Crippen LogP contribution < -0.4 is 5.32 Å². The molecule has 0 spiro atoms. The summed E-state index contributed by atoms with van der Waals surface area (Å²) in [5, 5.41) is 13.3. The lowest BCUT2D eigenvalue weighted by Crippen LogP contribution is -2.13. The Morgan fingerprint density at radius 1 is 1.19 bits per heavy atom. The SMILES string of the molecule is COC(=O)c1sc(NC(=O)c2cc(-c3ccc(Cl)s3)nc3ccccc23)c(C#N)c1C. The number of thiophene rings is 2. The summed E-state index contributed by atoms with van der Waals surface area (Å²) in [5.41, 5.74) is 2.40. The van der Waals surface area contributed by atoms with Gasteiger partial charge >= 0.3 is 5.97 Å². The van der Waals surface area contributed by atoms with Crippen LogP contribution in [0.3, 0.4) is 0 Å². The van der Waals surface area contributed by atoms with Gasteiger partial charge in [0.2, 0.25) is 0 Å². The van der Waals surface area contributed by atoms with Crippen LogP contribution in [0.4, 0.5) is 5.00 Å². The molecule has 0 aliphatic heterocycles. The number of nitrogens with zero attached hydrogens (tertiary/aromatic N) is 2. The molecule has 3 heterocycles. The zero-order chi connectivity index (χ0) is 22.1. The molecular weight excluding hydrogens is 454 g/mol. The van der Waals surface area contributed by atoms with E-state index in [0.717, 1.165) is 16.2 Å². The monoisotopic (exact) mass is 467 g/mol. The molecule has 0 atom stereocenters. The predicted octanol–water partition coefficient (Wildman–Crippen LogP) is 5.90. The lowest BCUT2D eigenvalue weighted by atomic mass is 10.1. The number of carbonyl (C=O) groups is 2. The van der Waals surface area contributed by atoms with Crippen molar-refractivity contribution in [1.82, 2.24) is 4.98 Å². The van der Waals surface area contributed by atoms with Crippen LogP contribution in [0.1, 0.15) is 31.2 Å². The highest BCUT2D eigenvalue weighted by Crippen LogP contribution is 2.35. The lowest BCUT2D eigenvalue weighted by Gasteiger charge is -2.09. The molecule has 4 rings (SSSR count). The van der Waals surface area contributed by atoms with Gasteiger partial charge in [-0.15, -0.1) is 22.7 Å². The number of nitrogens with one attached hydrogen (secondary N) is 1. The molecule has 4 aromatic rings. The highest BCUT2D eigenvalue weighted by molar-refractivity contribution is 7.19. The molecule has 0 unspecified atom stereocenters. The van der Waals surface area contributed by atoms with Crippen molar-refractivity contribution < 1.29 is 14.3 Å². The summed E-state index contributed by atoms with van der Waals surface area (Å²) in [5.74, 6) is -0.956. The Morgan fingerprint density at radius 2 is 1.97 bits per heavy atom. The Kier molecular flexibility index (Phi) is 5.74.